The van der Waals surface area contributed by atoms with Crippen molar-refractivity contribution in [2.45, 2.75) is 37.8 Å². The van der Waals surface area contributed by atoms with Gasteiger partial charge in [0.15, 0.2) is 0 Å². The average molecular weight is 414 g/mol. The van der Waals surface area contributed by atoms with E-state index >= 15 is 0 Å². The Hall–Kier alpha value is -1.98. The second-order valence-electron chi connectivity index (χ2n) is 7.64. The lowest BCUT2D eigenvalue weighted by molar-refractivity contribution is -0.156. The summed E-state index contributed by atoms with van der Waals surface area (Å²) in [5, 5.41) is 10.9. The van der Waals surface area contributed by atoms with E-state index in [0.717, 1.165) is 10.0 Å². The zero-order chi connectivity index (χ0) is 18.7. The minimum atomic E-state index is -0.886. The van der Waals surface area contributed by atoms with Crippen LogP contribution < -0.4 is 0 Å². The summed E-state index contributed by atoms with van der Waals surface area (Å²) < 4.78 is 0.928. The fraction of sp³-hybridized carbons (Fsp3) is 0.333. The van der Waals surface area contributed by atoms with E-state index in [-0.39, 0.29) is 17.7 Å². The molecule has 26 heavy (non-hydrogen) atoms. The predicted molar refractivity (Wildman–Crippen MR) is 102 cm³/mol. The first-order chi connectivity index (χ1) is 12.3. The highest BCUT2D eigenvalue weighted by Crippen LogP contribution is 2.57. The molecule has 2 aliphatic rings. The third kappa shape index (κ3) is 2.30. The van der Waals surface area contributed by atoms with Crippen molar-refractivity contribution in [2.75, 3.05) is 0 Å². The molecule has 1 N–H and O–H groups in total. The maximum Gasteiger partial charge on any atom is 0.262 e. The number of rotatable bonds is 3. The molecule has 5 heteroatoms. The van der Waals surface area contributed by atoms with Gasteiger partial charge in [-0.1, -0.05) is 54.0 Å². The van der Waals surface area contributed by atoms with Gasteiger partial charge in [0.2, 0.25) is 0 Å². The van der Waals surface area contributed by atoms with Gasteiger partial charge in [-0.3, -0.25) is 14.5 Å². The molecule has 134 valence electrons. The Morgan fingerprint density at radius 3 is 1.92 bits per heavy atom. The third-order valence-corrected chi connectivity index (χ3v) is 6.40. The molecule has 0 bridgehead atoms. The molecular formula is C21H20BrNO3. The number of aliphatic hydroxyl groups is 1. The second kappa shape index (κ2) is 5.76. The number of imide groups is 1. The van der Waals surface area contributed by atoms with Gasteiger partial charge in [0.1, 0.15) is 0 Å². The van der Waals surface area contributed by atoms with E-state index in [4.69, 9.17) is 0 Å². The minimum Gasteiger partial charge on any atom is -0.389 e. The van der Waals surface area contributed by atoms with Gasteiger partial charge in [-0.2, -0.15) is 0 Å². The largest absolute Gasteiger partial charge is 0.389 e. The number of carbonyl (C=O) groups is 2. The van der Waals surface area contributed by atoms with Crippen molar-refractivity contribution in [1.29, 1.82) is 0 Å². The number of hydrogen-bond donors (Lipinski definition) is 1. The highest BCUT2D eigenvalue weighted by molar-refractivity contribution is 9.10. The molecule has 1 fully saturated rings. The van der Waals surface area contributed by atoms with Gasteiger partial charge < -0.3 is 5.11 Å². The zero-order valence-electron chi connectivity index (χ0n) is 14.7. The number of carbonyl (C=O) groups excluding carboxylic acids is 2. The second-order valence-corrected chi connectivity index (χ2v) is 8.56. The number of amides is 2. The first-order valence-electron chi connectivity index (χ1n) is 8.75. The van der Waals surface area contributed by atoms with Crippen molar-refractivity contribution < 1.29 is 14.7 Å². The van der Waals surface area contributed by atoms with Crippen LogP contribution in [-0.2, 0) is 5.54 Å². The summed E-state index contributed by atoms with van der Waals surface area (Å²) in [6, 6.07) is 14.6. The van der Waals surface area contributed by atoms with Crippen molar-refractivity contribution in [3.63, 3.8) is 0 Å². The zero-order valence-corrected chi connectivity index (χ0v) is 16.3. The molecule has 1 aliphatic heterocycles. The monoisotopic (exact) mass is 413 g/mol. The summed E-state index contributed by atoms with van der Waals surface area (Å²) in [5.41, 5.74) is 0.0541. The Kier molecular flexibility index (Phi) is 3.86. The fourth-order valence-corrected chi connectivity index (χ4v) is 4.46. The standard InChI is InChI=1S/C21H20BrNO3/c1-13(2)21(26)11-20(12-21,14-7-9-15(22)10-8-14)23-18(24)16-5-3-4-6-17(16)19(23)25/h3-10,13,26H,11-12H2,1-2H3. The Morgan fingerprint density at radius 1 is 0.962 bits per heavy atom. The third-order valence-electron chi connectivity index (χ3n) is 5.88. The van der Waals surface area contributed by atoms with Gasteiger partial charge in [0.25, 0.3) is 11.8 Å². The number of halogens is 1. The van der Waals surface area contributed by atoms with Crippen LogP contribution in [0, 0.1) is 5.92 Å². The van der Waals surface area contributed by atoms with E-state index in [1.807, 2.05) is 38.1 Å². The molecule has 1 saturated carbocycles. The Bertz CT molecular complexity index is 863. The first-order valence-corrected chi connectivity index (χ1v) is 9.54. The molecule has 0 spiro atoms. The molecule has 1 aliphatic carbocycles. The van der Waals surface area contributed by atoms with Gasteiger partial charge in [0.05, 0.1) is 22.3 Å². The summed E-state index contributed by atoms with van der Waals surface area (Å²) in [6.45, 7) is 3.93. The highest BCUT2D eigenvalue weighted by atomic mass is 79.9. The lowest BCUT2D eigenvalue weighted by Crippen LogP contribution is -2.66. The van der Waals surface area contributed by atoms with Crippen molar-refractivity contribution in [3.8, 4) is 0 Å². The first kappa shape index (κ1) is 17.4. The van der Waals surface area contributed by atoms with E-state index in [9.17, 15) is 14.7 Å². The highest BCUT2D eigenvalue weighted by Gasteiger charge is 2.63. The van der Waals surface area contributed by atoms with Gasteiger partial charge in [-0.05, 0) is 35.7 Å². The van der Waals surface area contributed by atoms with Gasteiger partial charge in [-0.15, -0.1) is 0 Å². The van der Waals surface area contributed by atoms with Gasteiger partial charge in [-0.25, -0.2) is 0 Å². The van der Waals surface area contributed by atoms with E-state index in [1.54, 1.807) is 24.3 Å². The maximum atomic E-state index is 13.1. The topological polar surface area (TPSA) is 57.6 Å². The number of nitrogens with zero attached hydrogens (tertiary/aromatic N) is 1. The maximum absolute atomic E-state index is 13.1. The van der Waals surface area contributed by atoms with E-state index < -0.39 is 11.1 Å². The van der Waals surface area contributed by atoms with Crippen LogP contribution in [0.15, 0.2) is 53.0 Å². The van der Waals surface area contributed by atoms with Crippen LogP contribution in [0.5, 0.6) is 0 Å². The summed E-state index contributed by atoms with van der Waals surface area (Å²) >= 11 is 3.43. The molecule has 2 amide bonds. The van der Waals surface area contributed by atoms with Crippen molar-refractivity contribution in [2.24, 2.45) is 5.92 Å². The Balaban J connectivity index is 1.82. The normalized spacial score (nSPS) is 27.7. The molecule has 0 aromatic heterocycles. The van der Waals surface area contributed by atoms with Crippen LogP contribution in [0.1, 0.15) is 53.0 Å². The average Bonchev–Trinajstić information content (AvgIpc) is 2.84. The minimum absolute atomic E-state index is 0.0428. The van der Waals surface area contributed by atoms with E-state index in [0.29, 0.717) is 24.0 Å². The van der Waals surface area contributed by atoms with Crippen molar-refractivity contribution in [1.82, 2.24) is 4.90 Å². The summed E-state index contributed by atoms with van der Waals surface area (Å²) in [4.78, 5) is 27.5. The summed E-state index contributed by atoms with van der Waals surface area (Å²) in [6.07, 6.45) is 0.704. The number of fused-ring (bicyclic) bond motifs is 1. The van der Waals surface area contributed by atoms with Crippen LogP contribution >= 0.6 is 15.9 Å². The van der Waals surface area contributed by atoms with E-state index in [2.05, 4.69) is 15.9 Å². The molecule has 2 aromatic rings. The predicted octanol–water partition coefficient (Wildman–Crippen LogP) is 4.12. The van der Waals surface area contributed by atoms with Crippen molar-refractivity contribution >= 4 is 27.7 Å². The SMILES string of the molecule is CC(C)C1(O)CC(c2ccc(Br)cc2)(N2C(=O)c3ccccc3C2=O)C1. The quantitative estimate of drug-likeness (QED) is 0.769. The fourth-order valence-electron chi connectivity index (χ4n) is 4.20. The van der Waals surface area contributed by atoms with Crippen LogP contribution in [0.25, 0.3) is 0 Å². The Morgan fingerprint density at radius 2 is 1.46 bits per heavy atom. The van der Waals surface area contributed by atoms with Gasteiger partial charge >= 0.3 is 0 Å². The molecular weight excluding hydrogens is 394 g/mol. The number of hydrogen-bond acceptors (Lipinski definition) is 3. The lowest BCUT2D eigenvalue weighted by Gasteiger charge is -2.58. The molecule has 4 rings (SSSR count). The molecule has 4 nitrogen and oxygen atoms in total. The molecule has 2 aromatic carbocycles. The molecule has 0 saturated heterocycles. The number of benzene rings is 2. The lowest BCUT2D eigenvalue weighted by atomic mass is 9.57. The van der Waals surface area contributed by atoms with Crippen molar-refractivity contribution in [3.05, 3.63) is 69.7 Å². The Labute approximate surface area is 161 Å². The van der Waals surface area contributed by atoms with Crippen LogP contribution in [0.3, 0.4) is 0 Å². The smallest absolute Gasteiger partial charge is 0.262 e. The summed E-state index contributed by atoms with van der Waals surface area (Å²) in [7, 11) is 0. The summed E-state index contributed by atoms with van der Waals surface area (Å²) in [5.74, 6) is -0.514. The molecule has 0 atom stereocenters. The van der Waals surface area contributed by atoms with E-state index in [1.165, 1.54) is 4.90 Å². The molecule has 0 radical (unpaired) electrons. The molecule has 0 unspecified atom stereocenters. The van der Waals surface area contributed by atoms with Gasteiger partial charge in [0, 0.05) is 17.3 Å². The van der Waals surface area contributed by atoms with Crippen LogP contribution in [-0.4, -0.2) is 27.4 Å². The van der Waals surface area contributed by atoms with Crippen LogP contribution in [0.2, 0.25) is 0 Å². The molecule has 1 heterocycles. The van der Waals surface area contributed by atoms with Crippen LogP contribution in [0.4, 0.5) is 0 Å².